The molecule has 1 amide bonds. The van der Waals surface area contributed by atoms with Gasteiger partial charge in [0, 0.05) is 50.7 Å². The summed E-state index contributed by atoms with van der Waals surface area (Å²) in [5.41, 5.74) is 2.27. The molecule has 7 heteroatoms. The lowest BCUT2D eigenvalue weighted by Gasteiger charge is -2.22. The molecule has 2 aromatic rings. The average molecular weight is 345 g/mol. The Kier molecular flexibility index (Phi) is 4.04. The molecular weight excluding hydrogens is 322 g/mol. The molecule has 2 fully saturated rings. The fourth-order valence-corrected chi connectivity index (χ4v) is 4.38. The Hall–Kier alpha value is -1.89. The van der Waals surface area contributed by atoms with Gasteiger partial charge in [-0.3, -0.25) is 9.48 Å². The molecular formula is C17H23N5OS. The van der Waals surface area contributed by atoms with Crippen molar-refractivity contribution in [2.45, 2.75) is 25.7 Å². The fourth-order valence-electron chi connectivity index (χ4n) is 3.52. The quantitative estimate of drug-likeness (QED) is 0.854. The lowest BCUT2D eigenvalue weighted by atomic mass is 10.2. The van der Waals surface area contributed by atoms with Gasteiger partial charge in [-0.05, 0) is 31.2 Å². The molecule has 2 aromatic heterocycles. The van der Waals surface area contributed by atoms with E-state index in [9.17, 15) is 4.79 Å². The van der Waals surface area contributed by atoms with Crippen molar-refractivity contribution in [2.75, 3.05) is 31.1 Å². The van der Waals surface area contributed by atoms with Crippen molar-refractivity contribution in [3.8, 4) is 0 Å². The van der Waals surface area contributed by atoms with E-state index in [1.54, 1.807) is 11.3 Å². The van der Waals surface area contributed by atoms with Gasteiger partial charge in [0.2, 0.25) is 5.91 Å². The Labute approximate surface area is 146 Å². The van der Waals surface area contributed by atoms with Gasteiger partial charge < -0.3 is 9.80 Å². The van der Waals surface area contributed by atoms with E-state index < -0.39 is 0 Å². The zero-order valence-corrected chi connectivity index (χ0v) is 15.0. The van der Waals surface area contributed by atoms with Gasteiger partial charge in [0.25, 0.3) is 0 Å². The summed E-state index contributed by atoms with van der Waals surface area (Å²) in [6, 6.07) is 0. The van der Waals surface area contributed by atoms with E-state index in [4.69, 9.17) is 0 Å². The van der Waals surface area contributed by atoms with Crippen molar-refractivity contribution < 1.29 is 4.79 Å². The van der Waals surface area contributed by atoms with Gasteiger partial charge in [-0.15, -0.1) is 11.3 Å². The summed E-state index contributed by atoms with van der Waals surface area (Å²) in [4.78, 5) is 21.8. The van der Waals surface area contributed by atoms with Crippen LogP contribution in [-0.4, -0.2) is 51.8 Å². The molecule has 1 saturated heterocycles. The number of carbonyl (C=O) groups is 1. The van der Waals surface area contributed by atoms with Crippen LogP contribution in [-0.2, 0) is 11.8 Å². The Morgan fingerprint density at radius 1 is 1.29 bits per heavy atom. The minimum Gasteiger partial charge on any atom is -0.346 e. The van der Waals surface area contributed by atoms with Crippen LogP contribution in [0, 0.1) is 12.8 Å². The number of nitrogens with zero attached hydrogens (tertiary/aromatic N) is 5. The summed E-state index contributed by atoms with van der Waals surface area (Å²) in [5, 5.41) is 7.40. The third-order valence-corrected chi connectivity index (χ3v) is 5.96. The highest BCUT2D eigenvalue weighted by Crippen LogP contribution is 2.48. The van der Waals surface area contributed by atoms with E-state index >= 15 is 0 Å². The van der Waals surface area contributed by atoms with Gasteiger partial charge in [-0.2, -0.15) is 5.10 Å². The molecule has 2 atom stereocenters. The number of thiazole rings is 1. The number of hydrogen-bond acceptors (Lipinski definition) is 5. The van der Waals surface area contributed by atoms with Crippen LogP contribution in [0.4, 0.5) is 5.13 Å². The van der Waals surface area contributed by atoms with Crippen LogP contribution in [0.5, 0.6) is 0 Å². The number of aryl methyl sites for hydroxylation is 2. The summed E-state index contributed by atoms with van der Waals surface area (Å²) in [7, 11) is 1.92. The average Bonchev–Trinajstić information content (AvgIpc) is 3.17. The first-order chi connectivity index (χ1) is 11.6. The molecule has 4 rings (SSSR count). The first kappa shape index (κ1) is 15.6. The normalized spacial score (nSPS) is 24.1. The zero-order valence-electron chi connectivity index (χ0n) is 14.2. The van der Waals surface area contributed by atoms with Gasteiger partial charge >= 0.3 is 0 Å². The number of anilines is 1. The molecule has 24 heavy (non-hydrogen) atoms. The second kappa shape index (κ2) is 6.20. The van der Waals surface area contributed by atoms with Crippen molar-refractivity contribution in [2.24, 2.45) is 13.0 Å². The smallest absolute Gasteiger partial charge is 0.226 e. The topological polar surface area (TPSA) is 54.3 Å². The molecule has 0 bridgehead atoms. The predicted octanol–water partition coefficient (Wildman–Crippen LogP) is 2.03. The Bertz CT molecular complexity index is 739. The molecule has 1 saturated carbocycles. The van der Waals surface area contributed by atoms with Crippen LogP contribution < -0.4 is 4.90 Å². The Morgan fingerprint density at radius 2 is 2.17 bits per heavy atom. The third-order valence-electron chi connectivity index (χ3n) is 4.95. The van der Waals surface area contributed by atoms with Crippen molar-refractivity contribution >= 4 is 22.4 Å². The highest BCUT2D eigenvalue weighted by atomic mass is 32.1. The van der Waals surface area contributed by atoms with Crippen LogP contribution in [0.15, 0.2) is 17.8 Å². The lowest BCUT2D eigenvalue weighted by Crippen LogP contribution is -2.36. The summed E-state index contributed by atoms with van der Waals surface area (Å²) in [6.45, 7) is 5.54. The van der Waals surface area contributed by atoms with Gasteiger partial charge in [0.1, 0.15) is 0 Å². The molecule has 0 unspecified atom stereocenters. The van der Waals surface area contributed by atoms with E-state index in [2.05, 4.69) is 25.3 Å². The standard InChI is InChI=1S/C17H23N5OS/c1-12-11-24-17(19-12)22-5-3-4-21(6-7-22)16(23)15-8-14(15)13-9-18-20(2)10-13/h9-11,14-15H,3-8H2,1-2H3/t14-,15+/m0/s1. The summed E-state index contributed by atoms with van der Waals surface area (Å²) in [6.07, 6.45) is 5.91. The first-order valence-electron chi connectivity index (χ1n) is 8.56. The van der Waals surface area contributed by atoms with Crippen molar-refractivity contribution in [3.63, 3.8) is 0 Å². The monoisotopic (exact) mass is 345 g/mol. The largest absolute Gasteiger partial charge is 0.346 e. The first-order valence-corrected chi connectivity index (χ1v) is 9.44. The molecule has 6 nitrogen and oxygen atoms in total. The number of rotatable bonds is 3. The molecule has 0 radical (unpaired) electrons. The van der Waals surface area contributed by atoms with E-state index in [-0.39, 0.29) is 5.92 Å². The molecule has 1 aliphatic heterocycles. The maximum Gasteiger partial charge on any atom is 0.226 e. The second-order valence-electron chi connectivity index (χ2n) is 6.83. The SMILES string of the molecule is Cc1csc(N2CCCN(C(=O)[C@@H]3C[C@H]3c3cnn(C)c3)CC2)n1. The number of aromatic nitrogens is 3. The minimum atomic E-state index is 0.155. The summed E-state index contributed by atoms with van der Waals surface area (Å²) < 4.78 is 1.81. The molecule has 3 heterocycles. The van der Waals surface area contributed by atoms with Gasteiger partial charge in [0.05, 0.1) is 11.9 Å². The van der Waals surface area contributed by atoms with Crippen LogP contribution in [0.25, 0.3) is 0 Å². The van der Waals surface area contributed by atoms with E-state index in [1.165, 1.54) is 5.56 Å². The van der Waals surface area contributed by atoms with E-state index in [0.29, 0.717) is 11.8 Å². The fraction of sp³-hybridized carbons (Fsp3) is 0.588. The van der Waals surface area contributed by atoms with Crippen LogP contribution in [0.2, 0.25) is 0 Å². The van der Waals surface area contributed by atoms with E-state index in [1.807, 2.05) is 31.0 Å². The van der Waals surface area contributed by atoms with Crippen LogP contribution in [0.1, 0.15) is 30.0 Å². The Morgan fingerprint density at radius 3 is 2.88 bits per heavy atom. The third kappa shape index (κ3) is 3.05. The predicted molar refractivity (Wildman–Crippen MR) is 94.3 cm³/mol. The maximum absolute atomic E-state index is 12.8. The van der Waals surface area contributed by atoms with Crippen molar-refractivity contribution in [1.29, 1.82) is 0 Å². The molecule has 1 aliphatic carbocycles. The van der Waals surface area contributed by atoms with Gasteiger partial charge in [0.15, 0.2) is 5.13 Å². The minimum absolute atomic E-state index is 0.155. The molecule has 0 spiro atoms. The van der Waals surface area contributed by atoms with Crippen LogP contribution in [0.3, 0.4) is 0 Å². The Balaban J connectivity index is 1.36. The van der Waals surface area contributed by atoms with Gasteiger partial charge in [-0.1, -0.05) is 0 Å². The van der Waals surface area contributed by atoms with E-state index in [0.717, 1.165) is 49.8 Å². The zero-order chi connectivity index (χ0) is 16.7. The molecule has 2 aliphatic rings. The van der Waals surface area contributed by atoms with Crippen molar-refractivity contribution in [3.05, 3.63) is 29.0 Å². The number of amides is 1. The summed E-state index contributed by atoms with van der Waals surface area (Å²) >= 11 is 1.70. The lowest BCUT2D eigenvalue weighted by molar-refractivity contribution is -0.132. The molecule has 0 aromatic carbocycles. The highest BCUT2D eigenvalue weighted by Gasteiger charge is 2.46. The van der Waals surface area contributed by atoms with Crippen LogP contribution >= 0.6 is 11.3 Å². The second-order valence-corrected chi connectivity index (χ2v) is 7.67. The highest BCUT2D eigenvalue weighted by molar-refractivity contribution is 7.13. The maximum atomic E-state index is 12.8. The number of carbonyl (C=O) groups excluding carboxylic acids is 1. The number of hydrogen-bond donors (Lipinski definition) is 0. The molecule has 128 valence electrons. The van der Waals surface area contributed by atoms with Gasteiger partial charge in [-0.25, -0.2) is 4.98 Å². The summed E-state index contributed by atoms with van der Waals surface area (Å²) in [5.74, 6) is 0.844. The van der Waals surface area contributed by atoms with Crippen molar-refractivity contribution in [1.82, 2.24) is 19.7 Å². The molecule has 0 N–H and O–H groups in total.